The summed E-state index contributed by atoms with van der Waals surface area (Å²) in [6.07, 6.45) is -2.12. The number of carboxylic acids is 1. The molecule has 0 radical (unpaired) electrons. The van der Waals surface area contributed by atoms with Crippen molar-refractivity contribution in [1.29, 1.82) is 0 Å². The van der Waals surface area contributed by atoms with Crippen LogP contribution in [-0.2, 0) is 17.5 Å². The van der Waals surface area contributed by atoms with E-state index in [0.717, 1.165) is 18.9 Å². The van der Waals surface area contributed by atoms with Gasteiger partial charge in [0.2, 0.25) is 0 Å². The molecule has 1 fully saturated rings. The maximum atomic E-state index is 12.8. The van der Waals surface area contributed by atoms with Gasteiger partial charge in [-0.3, -0.25) is 14.6 Å². The molecule has 4 nitrogen and oxygen atoms in total. The van der Waals surface area contributed by atoms with Crippen LogP contribution < -0.4 is 0 Å². The molecule has 1 N–H and O–H groups in total. The molecule has 0 saturated carbocycles. The molecule has 0 bridgehead atoms. The summed E-state index contributed by atoms with van der Waals surface area (Å²) in [5.41, 5.74) is 0.0113. The monoisotopic (exact) mass is 358 g/mol. The van der Waals surface area contributed by atoms with E-state index in [4.69, 9.17) is 0 Å². The van der Waals surface area contributed by atoms with Crippen LogP contribution >= 0.6 is 0 Å². The van der Waals surface area contributed by atoms with Crippen molar-refractivity contribution < 1.29 is 23.1 Å². The molecule has 1 atom stereocenters. The zero-order valence-electron chi connectivity index (χ0n) is 14.6. The van der Waals surface area contributed by atoms with Gasteiger partial charge < -0.3 is 5.11 Å². The molecule has 0 aromatic heterocycles. The second-order valence-electron chi connectivity index (χ2n) is 6.64. The average molecular weight is 358 g/mol. The van der Waals surface area contributed by atoms with Crippen LogP contribution in [0.25, 0.3) is 0 Å². The number of hydrogen-bond acceptors (Lipinski definition) is 3. The molecule has 1 unspecified atom stereocenters. The lowest BCUT2D eigenvalue weighted by Crippen LogP contribution is -2.49. The predicted octanol–water partition coefficient (Wildman–Crippen LogP) is 3.46. The summed E-state index contributed by atoms with van der Waals surface area (Å²) in [7, 11) is 1.91. The van der Waals surface area contributed by atoms with Crippen molar-refractivity contribution in [1.82, 2.24) is 9.80 Å². The number of rotatable bonds is 6. The lowest BCUT2D eigenvalue weighted by Gasteiger charge is -2.39. The highest BCUT2D eigenvalue weighted by Gasteiger charge is 2.31. The van der Waals surface area contributed by atoms with Gasteiger partial charge in [-0.05, 0) is 37.9 Å². The van der Waals surface area contributed by atoms with Crippen LogP contribution in [0.1, 0.15) is 37.3 Å². The lowest BCUT2D eigenvalue weighted by molar-refractivity contribution is -0.144. The van der Waals surface area contributed by atoms with E-state index in [2.05, 4.69) is 4.90 Å². The molecule has 1 aromatic rings. The van der Waals surface area contributed by atoms with Crippen molar-refractivity contribution in [3.05, 3.63) is 35.4 Å². The second-order valence-corrected chi connectivity index (χ2v) is 6.64. The number of aliphatic carboxylic acids is 1. The van der Waals surface area contributed by atoms with Gasteiger partial charge in [-0.15, -0.1) is 0 Å². The van der Waals surface area contributed by atoms with E-state index in [1.54, 1.807) is 6.07 Å². The first-order valence-corrected chi connectivity index (χ1v) is 8.55. The van der Waals surface area contributed by atoms with E-state index >= 15 is 0 Å². The maximum absolute atomic E-state index is 12.8. The molecule has 0 spiro atoms. The molecular formula is C18H25F3N2O2. The van der Waals surface area contributed by atoms with Gasteiger partial charge in [0.25, 0.3) is 0 Å². The number of piperidine rings is 1. The Morgan fingerprint density at radius 3 is 2.52 bits per heavy atom. The second kappa shape index (κ2) is 8.19. The number of carboxylic acid groups (broad SMARTS) is 1. The van der Waals surface area contributed by atoms with Gasteiger partial charge in [-0.1, -0.05) is 25.1 Å². The fourth-order valence-electron chi connectivity index (χ4n) is 3.49. The molecule has 2 rings (SSSR count). The Balaban J connectivity index is 1.93. The van der Waals surface area contributed by atoms with E-state index < -0.39 is 23.8 Å². The number of alkyl halides is 3. The molecule has 1 heterocycles. The van der Waals surface area contributed by atoms with E-state index in [1.165, 1.54) is 12.1 Å². The number of carbonyl (C=O) groups is 1. The van der Waals surface area contributed by atoms with E-state index in [-0.39, 0.29) is 6.04 Å². The van der Waals surface area contributed by atoms with Gasteiger partial charge in [-0.25, -0.2) is 0 Å². The topological polar surface area (TPSA) is 43.8 Å². The summed E-state index contributed by atoms with van der Waals surface area (Å²) in [4.78, 5) is 15.3. The van der Waals surface area contributed by atoms with Crippen molar-refractivity contribution in [2.75, 3.05) is 20.1 Å². The third-order valence-corrected chi connectivity index (χ3v) is 4.92. The number of hydrogen-bond donors (Lipinski definition) is 1. The van der Waals surface area contributed by atoms with Gasteiger partial charge in [0, 0.05) is 25.7 Å². The van der Waals surface area contributed by atoms with Crippen LogP contribution in [0.2, 0.25) is 0 Å². The molecule has 0 aliphatic carbocycles. The van der Waals surface area contributed by atoms with Crippen LogP contribution in [0.15, 0.2) is 24.3 Å². The van der Waals surface area contributed by atoms with Crippen molar-refractivity contribution in [2.45, 2.75) is 51.0 Å². The van der Waals surface area contributed by atoms with Gasteiger partial charge >= 0.3 is 12.1 Å². The van der Waals surface area contributed by atoms with Crippen LogP contribution in [0.3, 0.4) is 0 Å². The Hall–Kier alpha value is -1.60. The SMILES string of the molecule is CCC(C(=O)O)N1CCC(N(C)Cc2cccc(C(F)(F)F)c2)CC1. The minimum absolute atomic E-state index is 0.247. The molecule has 0 amide bonds. The number of halogens is 3. The first-order valence-electron chi connectivity index (χ1n) is 8.55. The molecule has 25 heavy (non-hydrogen) atoms. The summed E-state index contributed by atoms with van der Waals surface area (Å²) < 4.78 is 38.4. The Kier molecular flexibility index (Phi) is 6.46. The van der Waals surface area contributed by atoms with Crippen molar-refractivity contribution in [2.24, 2.45) is 0 Å². The number of nitrogens with zero attached hydrogens (tertiary/aromatic N) is 2. The third kappa shape index (κ3) is 5.19. The lowest BCUT2D eigenvalue weighted by atomic mass is 10.00. The first kappa shape index (κ1) is 19.7. The zero-order valence-corrected chi connectivity index (χ0v) is 14.6. The van der Waals surface area contributed by atoms with Crippen molar-refractivity contribution in [3.8, 4) is 0 Å². The predicted molar refractivity (Wildman–Crippen MR) is 89.2 cm³/mol. The molecule has 1 aliphatic rings. The highest BCUT2D eigenvalue weighted by molar-refractivity contribution is 5.73. The van der Waals surface area contributed by atoms with E-state index in [1.807, 2.05) is 18.9 Å². The maximum Gasteiger partial charge on any atom is 0.416 e. The van der Waals surface area contributed by atoms with Crippen LogP contribution in [0, 0.1) is 0 Å². The minimum Gasteiger partial charge on any atom is -0.480 e. The Morgan fingerprint density at radius 2 is 2.00 bits per heavy atom. The zero-order chi connectivity index (χ0) is 18.6. The number of likely N-dealkylation sites (tertiary alicyclic amines) is 1. The molecule has 1 saturated heterocycles. The Morgan fingerprint density at radius 1 is 1.36 bits per heavy atom. The summed E-state index contributed by atoms with van der Waals surface area (Å²) in [5, 5.41) is 9.24. The van der Waals surface area contributed by atoms with Crippen LogP contribution in [-0.4, -0.2) is 53.1 Å². The normalized spacial score (nSPS) is 18.5. The molecule has 1 aromatic carbocycles. The molecule has 140 valence electrons. The molecule has 1 aliphatic heterocycles. The van der Waals surface area contributed by atoms with Gasteiger partial charge in [-0.2, -0.15) is 13.2 Å². The van der Waals surface area contributed by atoms with Crippen molar-refractivity contribution in [3.63, 3.8) is 0 Å². The largest absolute Gasteiger partial charge is 0.480 e. The summed E-state index contributed by atoms with van der Waals surface area (Å²) in [6, 6.07) is 5.22. The summed E-state index contributed by atoms with van der Waals surface area (Å²) in [5.74, 6) is -0.793. The third-order valence-electron chi connectivity index (χ3n) is 4.92. The highest BCUT2D eigenvalue weighted by Crippen LogP contribution is 2.30. The average Bonchev–Trinajstić information content (AvgIpc) is 2.55. The number of benzene rings is 1. The van der Waals surface area contributed by atoms with E-state index in [9.17, 15) is 23.1 Å². The minimum atomic E-state index is -4.33. The fourth-order valence-corrected chi connectivity index (χ4v) is 3.49. The smallest absolute Gasteiger partial charge is 0.416 e. The summed E-state index contributed by atoms with van der Waals surface area (Å²) >= 11 is 0. The van der Waals surface area contributed by atoms with Gasteiger partial charge in [0.05, 0.1) is 5.56 Å². The first-order chi connectivity index (χ1) is 11.7. The quantitative estimate of drug-likeness (QED) is 0.846. The molecule has 7 heteroatoms. The van der Waals surface area contributed by atoms with Crippen molar-refractivity contribution >= 4 is 5.97 Å². The highest BCUT2D eigenvalue weighted by atomic mass is 19.4. The van der Waals surface area contributed by atoms with Crippen LogP contribution in [0.4, 0.5) is 13.2 Å². The van der Waals surface area contributed by atoms with Crippen LogP contribution in [0.5, 0.6) is 0 Å². The summed E-state index contributed by atoms with van der Waals surface area (Å²) in [6.45, 7) is 3.71. The van der Waals surface area contributed by atoms with Gasteiger partial charge in [0.1, 0.15) is 6.04 Å². The Bertz CT molecular complexity index is 584. The fraction of sp³-hybridized carbons (Fsp3) is 0.611. The standard InChI is InChI=1S/C18H25F3N2O2/c1-3-16(17(24)25)23-9-7-15(8-10-23)22(2)12-13-5-4-6-14(11-13)18(19,20)21/h4-6,11,15-16H,3,7-10,12H2,1-2H3,(H,24,25). The Labute approximate surface area is 146 Å². The van der Waals surface area contributed by atoms with Gasteiger partial charge in [0.15, 0.2) is 0 Å². The molecular weight excluding hydrogens is 333 g/mol. The van der Waals surface area contributed by atoms with E-state index in [0.29, 0.717) is 31.6 Å².